The van der Waals surface area contributed by atoms with E-state index in [0.29, 0.717) is 34.6 Å². The standard InChI is InChI=1S/2C8H7ClO3.C5H13NO2/c2*9-6-1-3-7(4-2-6)12-5-8(10)11;1-6(2-4-7)3-5-8/h2*1-4H,5H2,(H,10,11);7-8H,2-5H2,1H3. The molecule has 178 valence electrons. The van der Waals surface area contributed by atoms with Crippen LogP contribution in [0, 0.1) is 0 Å². The monoisotopic (exact) mass is 491 g/mol. The van der Waals surface area contributed by atoms with Gasteiger partial charge in [-0.2, -0.15) is 0 Å². The Morgan fingerprint density at radius 2 is 1.06 bits per heavy atom. The fourth-order valence-corrected chi connectivity index (χ4v) is 2.06. The predicted molar refractivity (Wildman–Crippen MR) is 121 cm³/mol. The first kappa shape index (κ1) is 29.4. The third-order valence-corrected chi connectivity index (χ3v) is 3.82. The van der Waals surface area contributed by atoms with Crippen molar-refractivity contribution >= 4 is 35.1 Å². The van der Waals surface area contributed by atoms with Crippen LogP contribution < -0.4 is 9.47 Å². The van der Waals surface area contributed by atoms with E-state index in [2.05, 4.69) is 0 Å². The topological polar surface area (TPSA) is 137 Å². The number of nitrogens with zero attached hydrogens (tertiary/aromatic N) is 1. The van der Waals surface area contributed by atoms with Gasteiger partial charge in [0.05, 0.1) is 13.2 Å². The van der Waals surface area contributed by atoms with E-state index in [1.807, 2.05) is 11.9 Å². The SMILES string of the molecule is CN(CCO)CCO.O=C(O)COc1ccc(Cl)cc1.O=C(O)COc1ccc(Cl)cc1. The largest absolute Gasteiger partial charge is 0.482 e. The molecule has 4 N–H and O–H groups in total. The summed E-state index contributed by atoms with van der Waals surface area (Å²) in [5.74, 6) is -0.987. The highest BCUT2D eigenvalue weighted by Crippen LogP contribution is 2.15. The van der Waals surface area contributed by atoms with Gasteiger partial charge in [-0.3, -0.25) is 0 Å². The first-order valence-corrected chi connectivity index (χ1v) is 10.0. The second-order valence-electron chi connectivity index (χ2n) is 6.02. The van der Waals surface area contributed by atoms with E-state index in [1.54, 1.807) is 48.5 Å². The lowest BCUT2D eigenvalue weighted by Gasteiger charge is -2.11. The fraction of sp³-hybridized carbons (Fsp3) is 0.333. The van der Waals surface area contributed by atoms with Gasteiger partial charge in [-0.25, -0.2) is 9.59 Å². The molecule has 0 aliphatic carbocycles. The molecule has 0 fully saturated rings. The zero-order chi connectivity index (χ0) is 24.4. The lowest BCUT2D eigenvalue weighted by Crippen LogP contribution is -2.25. The van der Waals surface area contributed by atoms with E-state index in [1.165, 1.54) is 0 Å². The molecule has 2 aromatic rings. The minimum absolute atomic E-state index is 0.163. The number of carboxylic acids is 2. The number of carbonyl (C=O) groups is 2. The van der Waals surface area contributed by atoms with Crippen molar-refractivity contribution < 1.29 is 39.5 Å². The van der Waals surface area contributed by atoms with Gasteiger partial charge in [-0.15, -0.1) is 0 Å². The van der Waals surface area contributed by atoms with Crippen LogP contribution >= 0.6 is 23.2 Å². The average molecular weight is 492 g/mol. The Hall–Kier alpha value is -2.56. The number of carboxylic acid groups (broad SMARTS) is 2. The van der Waals surface area contributed by atoms with Crippen molar-refractivity contribution in [3.8, 4) is 11.5 Å². The van der Waals surface area contributed by atoms with E-state index < -0.39 is 11.9 Å². The maximum Gasteiger partial charge on any atom is 0.341 e. The number of benzene rings is 2. The Labute approximate surface area is 196 Å². The number of likely N-dealkylation sites (N-methyl/N-ethyl adjacent to an activating group) is 1. The summed E-state index contributed by atoms with van der Waals surface area (Å²) in [5, 5.41) is 34.4. The van der Waals surface area contributed by atoms with Crippen LogP contribution in [0.4, 0.5) is 0 Å². The number of hydrogen-bond donors (Lipinski definition) is 4. The number of ether oxygens (including phenoxy) is 2. The van der Waals surface area contributed by atoms with Crippen molar-refractivity contribution in [1.82, 2.24) is 4.90 Å². The minimum Gasteiger partial charge on any atom is -0.482 e. The van der Waals surface area contributed by atoms with E-state index in [-0.39, 0.29) is 26.4 Å². The molecule has 0 spiro atoms. The number of hydrogen-bond acceptors (Lipinski definition) is 7. The minimum atomic E-state index is -0.995. The van der Waals surface area contributed by atoms with Gasteiger partial charge in [-0.1, -0.05) is 23.2 Å². The first-order chi connectivity index (χ1) is 15.2. The molecule has 2 aromatic carbocycles. The highest BCUT2D eigenvalue weighted by molar-refractivity contribution is 6.30. The summed E-state index contributed by atoms with van der Waals surface area (Å²) in [7, 11) is 1.85. The van der Waals surface area contributed by atoms with Crippen LogP contribution in [0.3, 0.4) is 0 Å². The summed E-state index contributed by atoms with van der Waals surface area (Å²) in [6, 6.07) is 13.0. The second-order valence-corrected chi connectivity index (χ2v) is 6.90. The van der Waals surface area contributed by atoms with Crippen molar-refractivity contribution in [2.24, 2.45) is 0 Å². The molecular weight excluding hydrogens is 465 g/mol. The smallest absolute Gasteiger partial charge is 0.341 e. The number of rotatable bonds is 10. The van der Waals surface area contributed by atoms with Gasteiger partial charge < -0.3 is 34.8 Å². The molecule has 0 aliphatic rings. The third-order valence-electron chi connectivity index (χ3n) is 3.32. The summed E-state index contributed by atoms with van der Waals surface area (Å²) < 4.78 is 9.73. The molecule has 0 bridgehead atoms. The van der Waals surface area contributed by atoms with Crippen LogP contribution in [-0.4, -0.2) is 83.8 Å². The number of aliphatic hydroxyl groups is 2. The number of halogens is 2. The maximum atomic E-state index is 10.1. The molecule has 9 nitrogen and oxygen atoms in total. The quantitative estimate of drug-likeness (QED) is 0.394. The van der Waals surface area contributed by atoms with Crippen molar-refractivity contribution in [3.05, 3.63) is 58.6 Å². The molecule has 0 unspecified atom stereocenters. The molecular formula is C21H27Cl2NO8. The van der Waals surface area contributed by atoms with Gasteiger partial charge in [0.1, 0.15) is 11.5 Å². The highest BCUT2D eigenvalue weighted by Gasteiger charge is 1.98. The van der Waals surface area contributed by atoms with Crippen LogP contribution in [0.25, 0.3) is 0 Å². The Kier molecular flexibility index (Phi) is 16.6. The van der Waals surface area contributed by atoms with E-state index in [0.717, 1.165) is 0 Å². The van der Waals surface area contributed by atoms with E-state index in [9.17, 15) is 9.59 Å². The average Bonchev–Trinajstić information content (AvgIpc) is 2.74. The molecule has 0 atom stereocenters. The highest BCUT2D eigenvalue weighted by atomic mass is 35.5. The van der Waals surface area contributed by atoms with Gasteiger partial charge in [0.2, 0.25) is 0 Å². The van der Waals surface area contributed by atoms with E-state index >= 15 is 0 Å². The van der Waals surface area contributed by atoms with Gasteiger partial charge in [0.25, 0.3) is 0 Å². The normalized spacial score (nSPS) is 9.69. The molecule has 0 aliphatic heterocycles. The summed E-state index contributed by atoms with van der Waals surface area (Å²) in [6.07, 6.45) is 0. The molecule has 0 aromatic heterocycles. The molecule has 0 amide bonds. The molecule has 2 rings (SSSR count). The maximum absolute atomic E-state index is 10.1. The number of aliphatic carboxylic acids is 2. The summed E-state index contributed by atoms with van der Waals surface area (Å²) in [5.41, 5.74) is 0. The number of aliphatic hydroxyl groups excluding tert-OH is 2. The lowest BCUT2D eigenvalue weighted by atomic mass is 10.3. The summed E-state index contributed by atoms with van der Waals surface area (Å²) in [4.78, 5) is 22.0. The molecule has 0 heterocycles. The fourth-order valence-electron chi connectivity index (χ4n) is 1.81. The van der Waals surface area contributed by atoms with Crippen molar-refractivity contribution in [2.45, 2.75) is 0 Å². The van der Waals surface area contributed by atoms with Crippen LogP contribution in [0.5, 0.6) is 11.5 Å². The second kappa shape index (κ2) is 18.1. The Balaban J connectivity index is 0.000000462. The zero-order valence-electron chi connectivity index (χ0n) is 17.5. The molecule has 11 heteroatoms. The third kappa shape index (κ3) is 17.2. The molecule has 32 heavy (non-hydrogen) atoms. The van der Waals surface area contributed by atoms with Crippen LogP contribution in [-0.2, 0) is 9.59 Å². The summed E-state index contributed by atoms with van der Waals surface area (Å²) in [6.45, 7) is 0.942. The van der Waals surface area contributed by atoms with Crippen LogP contribution in [0.2, 0.25) is 10.0 Å². The Bertz CT molecular complexity index is 707. The Morgan fingerprint density at radius 3 is 1.31 bits per heavy atom. The van der Waals surface area contributed by atoms with Gasteiger partial charge in [0.15, 0.2) is 13.2 Å². The van der Waals surface area contributed by atoms with Crippen LogP contribution in [0.1, 0.15) is 0 Å². The van der Waals surface area contributed by atoms with Gasteiger partial charge >= 0.3 is 11.9 Å². The Morgan fingerprint density at radius 1 is 0.750 bits per heavy atom. The van der Waals surface area contributed by atoms with Crippen molar-refractivity contribution in [2.75, 3.05) is 46.6 Å². The van der Waals surface area contributed by atoms with Gasteiger partial charge in [-0.05, 0) is 55.6 Å². The zero-order valence-corrected chi connectivity index (χ0v) is 19.0. The van der Waals surface area contributed by atoms with E-state index in [4.69, 9.17) is 53.1 Å². The molecule has 0 saturated carbocycles. The van der Waals surface area contributed by atoms with Crippen LogP contribution in [0.15, 0.2) is 48.5 Å². The molecule has 0 saturated heterocycles. The van der Waals surface area contributed by atoms with Gasteiger partial charge in [0, 0.05) is 23.1 Å². The lowest BCUT2D eigenvalue weighted by molar-refractivity contribution is -0.140. The predicted octanol–water partition coefficient (Wildman–Crippen LogP) is 2.51. The first-order valence-electron chi connectivity index (χ1n) is 9.28. The van der Waals surface area contributed by atoms with Crippen molar-refractivity contribution in [3.63, 3.8) is 0 Å². The summed E-state index contributed by atoms with van der Waals surface area (Å²) >= 11 is 11.2. The van der Waals surface area contributed by atoms with Crippen molar-refractivity contribution in [1.29, 1.82) is 0 Å². The molecule has 0 radical (unpaired) electrons.